The topological polar surface area (TPSA) is 31.8 Å². The summed E-state index contributed by atoms with van der Waals surface area (Å²) in [4.78, 5) is 12.0. The largest absolute Gasteiger partial charge is 0.509 e. The predicted octanol–water partition coefficient (Wildman–Crippen LogP) is 22.1. The molecule has 5 nitrogen and oxygen atoms in total. The normalized spacial score (nSPS) is 13.6. The summed E-state index contributed by atoms with van der Waals surface area (Å²) in [5.74, 6) is 1.97. The molecule has 0 radical (unpaired) electrons. The first-order valence-electron chi connectivity index (χ1n) is 29.7. The molecule has 1 aromatic heterocycles. The van der Waals surface area contributed by atoms with E-state index in [2.05, 4.69) is 310 Å². The van der Waals surface area contributed by atoms with Crippen molar-refractivity contribution in [1.82, 2.24) is 4.98 Å². The van der Waals surface area contributed by atoms with E-state index >= 15 is 0 Å². The van der Waals surface area contributed by atoms with Crippen LogP contribution in [0.15, 0.2) is 170 Å². The number of nitrogens with zero attached hydrogens (tertiary/aromatic N) is 4. The Labute approximate surface area is 517 Å². The number of fused-ring (bicyclic) bond motifs is 6. The summed E-state index contributed by atoms with van der Waals surface area (Å²) in [7, 11) is 0. The Morgan fingerprint density at radius 3 is 1.32 bits per heavy atom. The van der Waals surface area contributed by atoms with Gasteiger partial charge in [0.2, 0.25) is 0 Å². The second kappa shape index (κ2) is 21.7. The Morgan fingerprint density at radius 2 is 0.810 bits per heavy atom. The van der Waals surface area contributed by atoms with E-state index in [1.54, 1.807) is 0 Å². The minimum absolute atomic E-state index is 0. The number of benzene rings is 8. The zero-order valence-electron chi connectivity index (χ0n) is 52.8. The maximum absolute atomic E-state index is 6.96. The minimum Gasteiger partial charge on any atom is -0.509 e. The van der Waals surface area contributed by atoms with Crippen molar-refractivity contribution in [2.75, 3.05) is 14.7 Å². The van der Waals surface area contributed by atoms with Gasteiger partial charge in [0.05, 0.1) is 5.69 Å². The number of ether oxygens (including phenoxy) is 1. The van der Waals surface area contributed by atoms with Crippen LogP contribution in [-0.4, -0.2) is 4.98 Å². The van der Waals surface area contributed by atoms with E-state index in [-0.39, 0.29) is 53.6 Å². The molecule has 0 N–H and O–H groups in total. The van der Waals surface area contributed by atoms with Gasteiger partial charge in [-0.25, -0.2) is 4.98 Å². The number of anilines is 7. The molecule has 0 unspecified atom stereocenters. The summed E-state index contributed by atoms with van der Waals surface area (Å²) in [5, 5.41) is 0. The molecule has 3 heterocycles. The molecule has 2 aliphatic rings. The zero-order chi connectivity index (χ0) is 59.3. The predicted molar refractivity (Wildman–Crippen MR) is 352 cm³/mol. The van der Waals surface area contributed by atoms with Gasteiger partial charge in [0.1, 0.15) is 5.82 Å². The Hall–Kier alpha value is -7.20. The maximum Gasteiger partial charge on any atom is 0.135 e. The Bertz CT molecular complexity index is 3800. The molecule has 8 aromatic carbocycles. The summed E-state index contributed by atoms with van der Waals surface area (Å²) in [5.41, 5.74) is 22.4. The summed E-state index contributed by atoms with van der Waals surface area (Å²) in [6.07, 6.45) is 1.93. The van der Waals surface area contributed by atoms with E-state index < -0.39 is 0 Å². The Balaban J connectivity index is 0.00000786. The first-order valence-corrected chi connectivity index (χ1v) is 29.7. The van der Waals surface area contributed by atoms with Crippen LogP contribution >= 0.6 is 0 Å². The molecule has 0 atom stereocenters. The number of pyridine rings is 1. The molecule has 6 heteroatoms. The zero-order valence-corrected chi connectivity index (χ0v) is 55.0. The smallest absolute Gasteiger partial charge is 0.135 e. The van der Waals surface area contributed by atoms with Crippen LogP contribution in [0.2, 0.25) is 0 Å². The van der Waals surface area contributed by atoms with E-state index in [0.29, 0.717) is 11.5 Å². The van der Waals surface area contributed by atoms with E-state index in [1.165, 1.54) is 55.6 Å². The van der Waals surface area contributed by atoms with Gasteiger partial charge in [-0.15, -0.1) is 48.3 Å². The van der Waals surface area contributed by atoms with Gasteiger partial charge in [-0.05, 0) is 125 Å². The molecule has 0 saturated carbocycles. The van der Waals surface area contributed by atoms with Gasteiger partial charge in [0.15, 0.2) is 0 Å². The summed E-state index contributed by atoms with van der Waals surface area (Å²) in [6, 6.07) is 68.0. The van der Waals surface area contributed by atoms with Gasteiger partial charge >= 0.3 is 0 Å². The van der Waals surface area contributed by atoms with Crippen molar-refractivity contribution >= 4 is 39.9 Å². The standard InChI is InChI=1S/C78H83N4O.Pt/c1-73(2,3)52-36-37-79-71(46-52)82-67-31-22-21-30-63(67)61-28-19-20-29-62(61)64-35-34-60(48-70(64)82)83-59-27-25-26-58(47-59)80-49-81(69-33-24-23-32-68(69)80)72-65(50-38-53(74(4,5)6)42-54(39-50)75(7,8)9)44-57(78(16,17)18)45-66(72)51-40-55(76(10,11)12)43-56(41-51)77(13,14)15;/h19-46,49H,1-18H3;/q-3;. The van der Waals surface area contributed by atoms with Gasteiger partial charge in [-0.3, -0.25) is 0 Å². The SMILES string of the molecule is CC(C)(C)c1cc(-c2cc(C(C)(C)C)cc(-c3cc(C(C)(C)C)cc(C(C)(C)C)c3)c2N2[CH-]N(c3[c-]c(Oc4[c-]c5c(cc4)-c4ccccc4-c4ccccc4N5c4cc(C(C)(C)C)ccn4)ccc3)c3ccccc32)cc(C(C)(C)C)c1.[Pt]. The van der Waals surface area contributed by atoms with Crippen molar-refractivity contribution in [3.8, 4) is 56.0 Å². The van der Waals surface area contributed by atoms with Crippen LogP contribution in [0, 0.1) is 18.8 Å². The molecule has 11 rings (SSSR count). The van der Waals surface area contributed by atoms with Crippen LogP contribution in [0.5, 0.6) is 11.5 Å². The van der Waals surface area contributed by atoms with Crippen molar-refractivity contribution in [3.63, 3.8) is 0 Å². The van der Waals surface area contributed by atoms with E-state index in [4.69, 9.17) is 9.72 Å². The fraction of sp³-hybridized carbons (Fsp3) is 0.308. The van der Waals surface area contributed by atoms with Crippen LogP contribution < -0.4 is 19.4 Å². The van der Waals surface area contributed by atoms with Gasteiger partial charge in [-0.2, -0.15) is 12.1 Å². The van der Waals surface area contributed by atoms with Crippen LogP contribution in [0.3, 0.4) is 0 Å². The third-order valence-electron chi connectivity index (χ3n) is 16.6. The fourth-order valence-corrected chi connectivity index (χ4v) is 11.4. The molecule has 84 heavy (non-hydrogen) atoms. The number of hydrogen-bond donors (Lipinski definition) is 0. The van der Waals surface area contributed by atoms with E-state index in [0.717, 1.165) is 62.2 Å². The Morgan fingerprint density at radius 1 is 0.369 bits per heavy atom. The van der Waals surface area contributed by atoms with E-state index in [1.807, 2.05) is 18.3 Å². The first-order chi connectivity index (χ1) is 38.9. The summed E-state index contributed by atoms with van der Waals surface area (Å²) >= 11 is 0. The maximum atomic E-state index is 6.96. The van der Waals surface area contributed by atoms with Crippen LogP contribution in [-0.2, 0) is 53.6 Å². The van der Waals surface area contributed by atoms with Crippen molar-refractivity contribution in [2.24, 2.45) is 0 Å². The summed E-state index contributed by atoms with van der Waals surface area (Å²) in [6.45, 7) is 44.1. The molecule has 0 fully saturated rings. The van der Waals surface area contributed by atoms with Crippen molar-refractivity contribution in [1.29, 1.82) is 0 Å². The van der Waals surface area contributed by atoms with E-state index in [9.17, 15) is 0 Å². The molecule has 2 aliphatic heterocycles. The van der Waals surface area contributed by atoms with Gasteiger partial charge in [-0.1, -0.05) is 227 Å². The van der Waals surface area contributed by atoms with Gasteiger partial charge in [0.25, 0.3) is 0 Å². The summed E-state index contributed by atoms with van der Waals surface area (Å²) < 4.78 is 6.96. The number of rotatable bonds is 7. The molecule has 434 valence electrons. The van der Waals surface area contributed by atoms with Crippen molar-refractivity contribution < 1.29 is 25.8 Å². The van der Waals surface area contributed by atoms with Crippen molar-refractivity contribution in [3.05, 3.63) is 222 Å². The molecule has 0 saturated heterocycles. The molecule has 0 aliphatic carbocycles. The average Bonchev–Trinajstić information content (AvgIpc) is 1.94. The van der Waals surface area contributed by atoms with Crippen LogP contribution in [0.25, 0.3) is 44.5 Å². The van der Waals surface area contributed by atoms with Crippen LogP contribution in [0.1, 0.15) is 158 Å². The molecular weight excluding hydrogens is 1200 g/mol. The number of para-hydroxylation sites is 3. The van der Waals surface area contributed by atoms with Gasteiger partial charge < -0.3 is 19.4 Å². The second-order valence-electron chi connectivity index (χ2n) is 29.3. The fourth-order valence-electron chi connectivity index (χ4n) is 11.4. The number of aromatic nitrogens is 1. The van der Waals surface area contributed by atoms with Crippen LogP contribution in [0.4, 0.5) is 39.9 Å². The monoisotopic (exact) mass is 1290 g/mol. The third-order valence-corrected chi connectivity index (χ3v) is 16.6. The number of hydrogen-bond acceptors (Lipinski definition) is 5. The molecule has 0 bridgehead atoms. The molecule has 0 amide bonds. The Kier molecular flexibility index (Phi) is 15.5. The first kappa shape index (κ1) is 59.9. The molecule has 9 aromatic rings. The quantitative estimate of drug-likeness (QED) is 0.149. The average molecular weight is 1290 g/mol. The molecular formula is C78H83N4OPt-3. The third kappa shape index (κ3) is 11.7. The molecule has 0 spiro atoms. The van der Waals surface area contributed by atoms with Crippen molar-refractivity contribution in [2.45, 2.75) is 157 Å². The van der Waals surface area contributed by atoms with Gasteiger partial charge in [0, 0.05) is 72.5 Å². The second-order valence-corrected chi connectivity index (χ2v) is 29.3. The minimum atomic E-state index is -0.157.